The van der Waals surface area contributed by atoms with Crippen molar-refractivity contribution >= 4 is 17.5 Å². The minimum Gasteiger partial charge on any atom is -0.376 e. The van der Waals surface area contributed by atoms with E-state index in [9.17, 15) is 9.59 Å². The van der Waals surface area contributed by atoms with Crippen LogP contribution in [0.15, 0.2) is 35.9 Å². The van der Waals surface area contributed by atoms with Crippen LogP contribution in [0.3, 0.4) is 0 Å². The van der Waals surface area contributed by atoms with Crippen molar-refractivity contribution in [3.63, 3.8) is 0 Å². The first-order valence-corrected chi connectivity index (χ1v) is 10.4. The molecule has 3 rings (SSSR count). The minimum absolute atomic E-state index is 0.0187. The smallest absolute Gasteiger partial charge is 0.251 e. The average molecular weight is 386 g/mol. The molecule has 152 valence electrons. The van der Waals surface area contributed by atoms with E-state index in [1.807, 2.05) is 12.1 Å². The normalized spacial score (nSPS) is 19.0. The van der Waals surface area contributed by atoms with Gasteiger partial charge >= 0.3 is 0 Å². The number of anilines is 1. The van der Waals surface area contributed by atoms with Crippen LogP contribution in [-0.2, 0) is 9.53 Å². The predicted octanol–water partition coefficient (Wildman–Crippen LogP) is 3.01. The number of ether oxygens (including phenoxy) is 1. The second-order valence-corrected chi connectivity index (χ2v) is 7.48. The highest BCUT2D eigenvalue weighted by atomic mass is 16.5. The molecule has 1 heterocycles. The summed E-state index contributed by atoms with van der Waals surface area (Å²) < 4.78 is 5.51. The van der Waals surface area contributed by atoms with Crippen molar-refractivity contribution in [2.24, 2.45) is 0 Å². The van der Waals surface area contributed by atoms with Crippen LogP contribution in [0.4, 0.5) is 5.69 Å². The van der Waals surface area contributed by atoms with Crippen molar-refractivity contribution in [3.8, 4) is 0 Å². The van der Waals surface area contributed by atoms with Gasteiger partial charge in [-0.2, -0.15) is 0 Å². The van der Waals surface area contributed by atoms with Gasteiger partial charge in [0, 0.05) is 30.9 Å². The zero-order valence-electron chi connectivity index (χ0n) is 16.5. The number of nitrogens with one attached hydrogen (secondary N) is 3. The van der Waals surface area contributed by atoms with Crippen LogP contribution in [-0.4, -0.2) is 44.2 Å². The summed E-state index contributed by atoms with van der Waals surface area (Å²) in [6.07, 6.45) is 10.4. The number of allylic oxidation sites excluding steroid dienone is 1. The molecule has 1 aliphatic carbocycles. The lowest BCUT2D eigenvalue weighted by Crippen LogP contribution is -2.32. The standard InChI is InChI=1S/C22H31N3O3/c26-21(23-13-12-17-5-2-1-3-6-17)16-24-19-10-8-18(9-11-19)22(27)25-15-20-7-4-14-28-20/h5,8-11,20,24H,1-4,6-7,12-16H2,(H,23,26)(H,25,27). The van der Waals surface area contributed by atoms with Crippen LogP contribution in [0.1, 0.15) is 55.3 Å². The largest absolute Gasteiger partial charge is 0.376 e. The molecule has 6 nitrogen and oxygen atoms in total. The number of amides is 2. The maximum atomic E-state index is 12.2. The Hall–Kier alpha value is -2.34. The molecular weight excluding hydrogens is 354 g/mol. The maximum absolute atomic E-state index is 12.2. The second-order valence-electron chi connectivity index (χ2n) is 7.48. The first-order valence-electron chi connectivity index (χ1n) is 10.4. The lowest BCUT2D eigenvalue weighted by molar-refractivity contribution is -0.119. The molecule has 0 saturated carbocycles. The summed E-state index contributed by atoms with van der Waals surface area (Å²) in [7, 11) is 0. The van der Waals surface area contributed by atoms with E-state index in [1.54, 1.807) is 12.1 Å². The van der Waals surface area contributed by atoms with Gasteiger partial charge in [-0.25, -0.2) is 0 Å². The molecule has 1 aromatic carbocycles. The molecule has 0 bridgehead atoms. The molecular formula is C22H31N3O3. The van der Waals surface area contributed by atoms with E-state index in [0.29, 0.717) is 18.7 Å². The van der Waals surface area contributed by atoms with Gasteiger partial charge in [0.1, 0.15) is 0 Å². The summed E-state index contributed by atoms with van der Waals surface area (Å²) in [5.41, 5.74) is 2.89. The number of rotatable bonds is 9. The minimum atomic E-state index is -0.100. The van der Waals surface area contributed by atoms with Crippen molar-refractivity contribution < 1.29 is 14.3 Å². The molecule has 2 aliphatic rings. The van der Waals surface area contributed by atoms with Gasteiger partial charge < -0.3 is 20.7 Å². The van der Waals surface area contributed by atoms with Crippen molar-refractivity contribution in [1.82, 2.24) is 10.6 Å². The Morgan fingerprint density at radius 3 is 2.64 bits per heavy atom. The Bertz CT molecular complexity index is 679. The Morgan fingerprint density at radius 2 is 1.93 bits per heavy atom. The van der Waals surface area contributed by atoms with E-state index in [0.717, 1.165) is 31.6 Å². The van der Waals surface area contributed by atoms with Gasteiger partial charge in [-0.3, -0.25) is 9.59 Å². The fraction of sp³-hybridized carbons (Fsp3) is 0.545. The van der Waals surface area contributed by atoms with E-state index in [2.05, 4.69) is 22.0 Å². The molecule has 1 aromatic rings. The Labute approximate surface area is 167 Å². The van der Waals surface area contributed by atoms with Gasteiger partial charge in [0.25, 0.3) is 5.91 Å². The fourth-order valence-electron chi connectivity index (χ4n) is 3.59. The van der Waals surface area contributed by atoms with Gasteiger partial charge in [-0.15, -0.1) is 0 Å². The van der Waals surface area contributed by atoms with E-state index in [4.69, 9.17) is 4.74 Å². The third kappa shape index (κ3) is 6.68. The van der Waals surface area contributed by atoms with Crippen molar-refractivity contribution in [2.75, 3.05) is 31.6 Å². The molecule has 0 aromatic heterocycles. The summed E-state index contributed by atoms with van der Waals surface area (Å²) in [5, 5.41) is 8.96. The number of benzene rings is 1. The predicted molar refractivity (Wildman–Crippen MR) is 110 cm³/mol. The molecule has 6 heteroatoms. The van der Waals surface area contributed by atoms with E-state index < -0.39 is 0 Å². The summed E-state index contributed by atoms with van der Waals surface area (Å²) in [5.74, 6) is -0.119. The first-order chi connectivity index (χ1) is 13.7. The molecule has 1 unspecified atom stereocenters. The van der Waals surface area contributed by atoms with Gasteiger partial charge in [0.2, 0.25) is 5.91 Å². The summed E-state index contributed by atoms with van der Waals surface area (Å²) in [6, 6.07) is 7.17. The maximum Gasteiger partial charge on any atom is 0.251 e. The second kappa shape index (κ2) is 10.9. The van der Waals surface area contributed by atoms with Gasteiger partial charge in [0.15, 0.2) is 0 Å². The van der Waals surface area contributed by atoms with Crippen molar-refractivity contribution in [3.05, 3.63) is 41.5 Å². The molecule has 0 spiro atoms. The highest BCUT2D eigenvalue weighted by Gasteiger charge is 2.16. The third-order valence-electron chi connectivity index (χ3n) is 5.27. The highest BCUT2D eigenvalue weighted by molar-refractivity contribution is 5.94. The SMILES string of the molecule is O=C(CNc1ccc(C(=O)NCC2CCCO2)cc1)NCCC1=CCCCC1. The van der Waals surface area contributed by atoms with E-state index in [1.165, 1.54) is 31.3 Å². The van der Waals surface area contributed by atoms with Crippen LogP contribution >= 0.6 is 0 Å². The zero-order chi connectivity index (χ0) is 19.6. The first kappa shape index (κ1) is 20.4. The number of hydrogen-bond donors (Lipinski definition) is 3. The quantitative estimate of drug-likeness (QED) is 0.571. The Balaban J connectivity index is 1.33. The molecule has 1 aliphatic heterocycles. The highest BCUT2D eigenvalue weighted by Crippen LogP contribution is 2.19. The summed E-state index contributed by atoms with van der Waals surface area (Å²) in [6.45, 7) is 2.25. The van der Waals surface area contributed by atoms with Crippen molar-refractivity contribution in [1.29, 1.82) is 0 Å². The molecule has 1 fully saturated rings. The molecule has 2 amide bonds. The Morgan fingerprint density at radius 1 is 1.07 bits per heavy atom. The summed E-state index contributed by atoms with van der Waals surface area (Å²) >= 11 is 0. The van der Waals surface area contributed by atoms with Gasteiger partial charge in [0.05, 0.1) is 12.6 Å². The molecule has 1 saturated heterocycles. The molecule has 1 atom stereocenters. The molecule has 3 N–H and O–H groups in total. The van der Waals surface area contributed by atoms with Gasteiger partial charge in [-0.1, -0.05) is 11.6 Å². The number of carbonyl (C=O) groups excluding carboxylic acids is 2. The third-order valence-corrected chi connectivity index (χ3v) is 5.27. The topological polar surface area (TPSA) is 79.5 Å². The molecule has 28 heavy (non-hydrogen) atoms. The van der Waals surface area contributed by atoms with Crippen LogP contribution in [0, 0.1) is 0 Å². The molecule has 0 radical (unpaired) electrons. The fourth-order valence-corrected chi connectivity index (χ4v) is 3.59. The Kier molecular flexibility index (Phi) is 7.91. The van der Waals surface area contributed by atoms with Crippen LogP contribution in [0.5, 0.6) is 0 Å². The summed E-state index contributed by atoms with van der Waals surface area (Å²) in [4.78, 5) is 24.1. The monoisotopic (exact) mass is 385 g/mol. The zero-order valence-corrected chi connectivity index (χ0v) is 16.5. The van der Waals surface area contributed by atoms with E-state index in [-0.39, 0.29) is 24.5 Å². The van der Waals surface area contributed by atoms with Crippen LogP contribution < -0.4 is 16.0 Å². The number of carbonyl (C=O) groups is 2. The van der Waals surface area contributed by atoms with Crippen LogP contribution in [0.25, 0.3) is 0 Å². The lowest BCUT2D eigenvalue weighted by atomic mass is 9.97. The van der Waals surface area contributed by atoms with Crippen molar-refractivity contribution in [2.45, 2.75) is 51.0 Å². The number of hydrogen-bond acceptors (Lipinski definition) is 4. The lowest BCUT2D eigenvalue weighted by Gasteiger charge is -2.13. The average Bonchev–Trinajstić information content (AvgIpc) is 3.25. The van der Waals surface area contributed by atoms with Gasteiger partial charge in [-0.05, 0) is 69.2 Å². The van der Waals surface area contributed by atoms with E-state index >= 15 is 0 Å². The van der Waals surface area contributed by atoms with Crippen LogP contribution in [0.2, 0.25) is 0 Å².